The van der Waals surface area contributed by atoms with Crippen LogP contribution < -0.4 is 4.74 Å². The largest absolute Gasteiger partial charge is 0.497 e. The van der Waals surface area contributed by atoms with Crippen molar-refractivity contribution in [1.29, 1.82) is 0 Å². The van der Waals surface area contributed by atoms with E-state index in [0.29, 0.717) is 24.2 Å². The Balaban J connectivity index is 1.83. The van der Waals surface area contributed by atoms with Crippen molar-refractivity contribution in [2.45, 2.75) is 25.2 Å². The summed E-state index contributed by atoms with van der Waals surface area (Å²) in [5.74, 6) is 0.497. The van der Waals surface area contributed by atoms with Crippen molar-refractivity contribution in [2.24, 2.45) is 0 Å². The highest BCUT2D eigenvalue weighted by Gasteiger charge is 2.26. The average Bonchev–Trinajstić information content (AvgIpc) is 2.99. The van der Waals surface area contributed by atoms with Gasteiger partial charge in [0.15, 0.2) is 0 Å². The molecule has 1 atom stereocenters. The van der Waals surface area contributed by atoms with E-state index in [-0.39, 0.29) is 11.8 Å². The van der Waals surface area contributed by atoms with Crippen molar-refractivity contribution < 1.29 is 19.1 Å². The lowest BCUT2D eigenvalue weighted by atomic mass is 9.94. The molecule has 0 spiro atoms. The maximum Gasteiger partial charge on any atom is 0.338 e. The number of carbonyl (C=O) groups is 2. The maximum atomic E-state index is 13.2. The van der Waals surface area contributed by atoms with Gasteiger partial charge in [0.1, 0.15) is 5.75 Å². The van der Waals surface area contributed by atoms with Crippen LogP contribution in [-0.4, -0.2) is 44.1 Å². The number of nitrogens with zero attached hydrogens (tertiary/aromatic N) is 1. The molecular weight excluding hydrogens is 342 g/mol. The molecule has 5 heteroatoms. The normalized spacial score (nSPS) is 17.1. The average molecular weight is 367 g/mol. The summed E-state index contributed by atoms with van der Waals surface area (Å²) < 4.78 is 10.1. The molecule has 1 heterocycles. The molecule has 0 bridgehead atoms. The highest BCUT2D eigenvalue weighted by molar-refractivity contribution is 6.05. The van der Waals surface area contributed by atoms with Gasteiger partial charge in [-0.2, -0.15) is 0 Å². The first-order valence-corrected chi connectivity index (χ1v) is 9.24. The number of hydrogen-bond donors (Lipinski definition) is 0. The quantitative estimate of drug-likeness (QED) is 0.769. The van der Waals surface area contributed by atoms with Crippen LogP contribution in [0.15, 0.2) is 48.5 Å². The first-order chi connectivity index (χ1) is 13.1. The van der Waals surface area contributed by atoms with Gasteiger partial charge in [0, 0.05) is 19.0 Å². The van der Waals surface area contributed by atoms with Gasteiger partial charge in [-0.25, -0.2) is 4.79 Å². The second-order valence-electron chi connectivity index (χ2n) is 6.75. The van der Waals surface area contributed by atoms with Gasteiger partial charge in [-0.3, -0.25) is 4.79 Å². The Kier molecular flexibility index (Phi) is 6.12. The van der Waals surface area contributed by atoms with Gasteiger partial charge in [0.25, 0.3) is 5.91 Å². The third kappa shape index (κ3) is 4.30. The molecule has 1 aliphatic rings. The smallest absolute Gasteiger partial charge is 0.338 e. The summed E-state index contributed by atoms with van der Waals surface area (Å²) in [5.41, 5.74) is 1.92. The van der Waals surface area contributed by atoms with Crippen LogP contribution in [0.5, 0.6) is 5.75 Å². The standard InChI is InChI=1S/C22H25NO4/c1-26-18-12-10-16(11-13-18)17-7-5-6-14-23(15-17)21(24)19-8-3-4-9-20(19)22(25)27-2/h3-4,8-13,17H,5-7,14-15H2,1-2H3/t17-/m0/s1. The molecule has 27 heavy (non-hydrogen) atoms. The van der Waals surface area contributed by atoms with E-state index >= 15 is 0 Å². The van der Waals surface area contributed by atoms with Crippen LogP contribution in [0.25, 0.3) is 0 Å². The zero-order chi connectivity index (χ0) is 19.2. The zero-order valence-electron chi connectivity index (χ0n) is 15.8. The van der Waals surface area contributed by atoms with Gasteiger partial charge in [-0.05, 0) is 42.7 Å². The minimum atomic E-state index is -0.486. The molecule has 5 nitrogen and oxygen atoms in total. The summed E-state index contributed by atoms with van der Waals surface area (Å²) in [6.07, 6.45) is 3.06. The van der Waals surface area contributed by atoms with Crippen LogP contribution in [0.2, 0.25) is 0 Å². The topological polar surface area (TPSA) is 55.8 Å². The van der Waals surface area contributed by atoms with Crippen molar-refractivity contribution in [3.63, 3.8) is 0 Å². The number of hydrogen-bond acceptors (Lipinski definition) is 4. The summed E-state index contributed by atoms with van der Waals surface area (Å²) in [4.78, 5) is 27.1. The number of methoxy groups -OCH3 is 2. The van der Waals surface area contributed by atoms with Crippen molar-refractivity contribution in [3.8, 4) is 5.75 Å². The molecule has 1 amide bonds. The first-order valence-electron chi connectivity index (χ1n) is 9.24. The number of amides is 1. The molecule has 1 aliphatic heterocycles. The van der Waals surface area contributed by atoms with Gasteiger partial charge < -0.3 is 14.4 Å². The Bertz CT molecular complexity index is 800. The number of likely N-dealkylation sites (tertiary alicyclic amines) is 1. The number of rotatable bonds is 4. The molecule has 0 N–H and O–H groups in total. The lowest BCUT2D eigenvalue weighted by molar-refractivity contribution is 0.0590. The minimum absolute atomic E-state index is 0.114. The second kappa shape index (κ2) is 8.71. The fraction of sp³-hybridized carbons (Fsp3) is 0.364. The Morgan fingerprint density at radius 1 is 0.963 bits per heavy atom. The molecule has 1 saturated heterocycles. The van der Waals surface area contributed by atoms with E-state index < -0.39 is 5.97 Å². The number of esters is 1. The van der Waals surface area contributed by atoms with E-state index in [4.69, 9.17) is 9.47 Å². The van der Waals surface area contributed by atoms with E-state index in [0.717, 1.165) is 25.0 Å². The molecule has 142 valence electrons. The van der Waals surface area contributed by atoms with Crippen LogP contribution in [0.3, 0.4) is 0 Å². The Labute approximate surface area is 159 Å². The lowest BCUT2D eigenvalue weighted by Crippen LogP contribution is -2.35. The summed E-state index contributed by atoms with van der Waals surface area (Å²) in [7, 11) is 2.98. The van der Waals surface area contributed by atoms with Crippen molar-refractivity contribution in [1.82, 2.24) is 4.90 Å². The molecule has 3 rings (SSSR count). The summed E-state index contributed by atoms with van der Waals surface area (Å²) in [5, 5.41) is 0. The molecule has 0 saturated carbocycles. The molecule has 2 aromatic carbocycles. The monoisotopic (exact) mass is 367 g/mol. The highest BCUT2D eigenvalue weighted by atomic mass is 16.5. The summed E-state index contributed by atoms with van der Waals surface area (Å²) in [6, 6.07) is 14.9. The predicted molar refractivity (Wildman–Crippen MR) is 103 cm³/mol. The van der Waals surface area contributed by atoms with E-state index in [9.17, 15) is 9.59 Å². The molecular formula is C22H25NO4. The fourth-order valence-corrected chi connectivity index (χ4v) is 3.60. The SMILES string of the molecule is COC(=O)c1ccccc1C(=O)N1CCCC[C@H](c2ccc(OC)cc2)C1. The third-order valence-electron chi connectivity index (χ3n) is 5.11. The van der Waals surface area contributed by atoms with Crippen LogP contribution >= 0.6 is 0 Å². The van der Waals surface area contributed by atoms with E-state index in [1.165, 1.54) is 12.7 Å². The van der Waals surface area contributed by atoms with E-state index in [2.05, 4.69) is 12.1 Å². The lowest BCUT2D eigenvalue weighted by Gasteiger charge is -2.25. The van der Waals surface area contributed by atoms with Crippen LogP contribution in [0, 0.1) is 0 Å². The van der Waals surface area contributed by atoms with E-state index in [1.54, 1.807) is 31.4 Å². The Morgan fingerprint density at radius 2 is 1.67 bits per heavy atom. The highest BCUT2D eigenvalue weighted by Crippen LogP contribution is 2.29. The number of benzene rings is 2. The van der Waals surface area contributed by atoms with Crippen molar-refractivity contribution >= 4 is 11.9 Å². The van der Waals surface area contributed by atoms with Gasteiger partial charge >= 0.3 is 5.97 Å². The first kappa shape index (κ1) is 19.0. The third-order valence-corrected chi connectivity index (χ3v) is 5.11. The fourth-order valence-electron chi connectivity index (χ4n) is 3.60. The number of ether oxygens (including phenoxy) is 2. The van der Waals surface area contributed by atoms with E-state index in [1.807, 2.05) is 17.0 Å². The molecule has 0 radical (unpaired) electrons. The van der Waals surface area contributed by atoms with Crippen LogP contribution in [0.4, 0.5) is 0 Å². The molecule has 0 unspecified atom stereocenters. The van der Waals surface area contributed by atoms with Gasteiger partial charge in [-0.1, -0.05) is 30.7 Å². The molecule has 2 aromatic rings. The molecule has 0 aliphatic carbocycles. The van der Waals surface area contributed by atoms with Crippen LogP contribution in [-0.2, 0) is 4.74 Å². The van der Waals surface area contributed by atoms with Crippen LogP contribution in [0.1, 0.15) is 51.5 Å². The van der Waals surface area contributed by atoms with Gasteiger partial charge in [0.05, 0.1) is 25.3 Å². The summed E-state index contributed by atoms with van der Waals surface area (Å²) in [6.45, 7) is 1.33. The maximum absolute atomic E-state index is 13.2. The predicted octanol–water partition coefficient (Wildman–Crippen LogP) is 3.89. The Hall–Kier alpha value is -2.82. The van der Waals surface area contributed by atoms with Crippen molar-refractivity contribution in [3.05, 3.63) is 65.2 Å². The Morgan fingerprint density at radius 3 is 2.33 bits per heavy atom. The number of carbonyl (C=O) groups excluding carboxylic acids is 2. The molecule has 1 fully saturated rings. The second-order valence-corrected chi connectivity index (χ2v) is 6.75. The van der Waals surface area contributed by atoms with Crippen molar-refractivity contribution in [2.75, 3.05) is 27.3 Å². The van der Waals surface area contributed by atoms with Gasteiger partial charge in [-0.15, -0.1) is 0 Å². The molecule has 0 aromatic heterocycles. The summed E-state index contributed by atoms with van der Waals surface area (Å²) >= 11 is 0. The zero-order valence-corrected chi connectivity index (χ0v) is 15.8. The minimum Gasteiger partial charge on any atom is -0.497 e. The van der Waals surface area contributed by atoms with Gasteiger partial charge in [0.2, 0.25) is 0 Å².